The summed E-state index contributed by atoms with van der Waals surface area (Å²) in [6.45, 7) is 8.31. The highest BCUT2D eigenvalue weighted by atomic mass is 32.2. The normalized spacial score (nSPS) is 17.8. The SMILES string of the molecule is Cn1cc(-c2cccc(-c3ncc(-c4cnn(C)c4)c(N4CCC(CN)C4)n3)c2)cn1.Cn1cc(-c2cccc(-c3ncc(-c4cnn(C)c4)c(N4CCC(CNS(C)(=O)=O)C4)n3)c2)cn1.Cn1cc(-c2cccc(-c3ncc(-c4cnn(C)c4)c(NC4CCC(N5CCOCC5)CC4)n3)c2)cn1. The van der Waals surface area contributed by atoms with Gasteiger partial charge in [0.05, 0.1) is 56.7 Å². The number of aromatic nitrogens is 18. The van der Waals surface area contributed by atoms with Crippen LogP contribution in [0.3, 0.4) is 0 Å². The molecule has 4 N–H and O–H groups in total. The number of rotatable bonds is 18. The van der Waals surface area contributed by atoms with Crippen LogP contribution in [0, 0.1) is 11.8 Å². The van der Waals surface area contributed by atoms with Crippen molar-refractivity contribution in [1.82, 2.24) is 98.2 Å². The van der Waals surface area contributed by atoms with Crippen LogP contribution in [0.1, 0.15) is 38.5 Å². The van der Waals surface area contributed by atoms with Gasteiger partial charge in [-0.3, -0.25) is 33.0 Å². The third kappa shape index (κ3) is 16.8. The molecule has 532 valence electrons. The van der Waals surface area contributed by atoms with Gasteiger partial charge in [-0.15, -0.1) is 0 Å². The predicted octanol–water partition coefficient (Wildman–Crippen LogP) is 9.05. The molecule has 3 aliphatic heterocycles. The molecule has 0 radical (unpaired) electrons. The van der Waals surface area contributed by atoms with Gasteiger partial charge in [-0.25, -0.2) is 43.0 Å². The monoisotopic (exact) mass is 1400 g/mol. The van der Waals surface area contributed by atoms with Crippen molar-refractivity contribution in [2.24, 2.45) is 59.9 Å². The van der Waals surface area contributed by atoms with Crippen LogP contribution in [-0.4, -0.2) is 186 Å². The van der Waals surface area contributed by atoms with Crippen LogP contribution >= 0.6 is 0 Å². The Balaban J connectivity index is 0.000000131. The summed E-state index contributed by atoms with van der Waals surface area (Å²) in [6.07, 6.45) is 36.6. The lowest BCUT2D eigenvalue weighted by atomic mass is 9.89. The number of hydrogen-bond acceptors (Lipinski definition) is 20. The number of aryl methyl sites for hydroxylation is 6. The second-order valence-electron chi connectivity index (χ2n) is 27.3. The van der Waals surface area contributed by atoms with Crippen LogP contribution in [0.2, 0.25) is 0 Å². The van der Waals surface area contributed by atoms with Gasteiger partial charge in [-0.05, 0) is 91.8 Å². The predicted molar refractivity (Wildman–Crippen MR) is 400 cm³/mol. The highest BCUT2D eigenvalue weighted by Gasteiger charge is 2.31. The Labute approximate surface area is 599 Å². The topological polar surface area (TPSA) is 287 Å². The van der Waals surface area contributed by atoms with Crippen LogP contribution in [0.4, 0.5) is 17.5 Å². The minimum absolute atomic E-state index is 0.207. The average Bonchev–Trinajstić information content (AvgIpc) is 1.75. The first-order valence-electron chi connectivity index (χ1n) is 35.1. The lowest BCUT2D eigenvalue weighted by Gasteiger charge is -2.39. The molecule has 103 heavy (non-hydrogen) atoms. The number of anilines is 3. The number of benzene rings is 3. The van der Waals surface area contributed by atoms with Gasteiger partial charge in [0.1, 0.15) is 17.5 Å². The fourth-order valence-electron chi connectivity index (χ4n) is 14.1. The van der Waals surface area contributed by atoms with Crippen LogP contribution < -0.4 is 25.6 Å². The molecule has 12 aromatic rings. The van der Waals surface area contributed by atoms with E-state index < -0.39 is 10.0 Å². The number of morpholine rings is 1. The van der Waals surface area contributed by atoms with Crippen molar-refractivity contribution in [2.45, 2.75) is 50.6 Å². The molecule has 12 heterocycles. The van der Waals surface area contributed by atoms with Gasteiger partial charge in [0.15, 0.2) is 17.5 Å². The minimum Gasteiger partial charge on any atom is -0.379 e. The van der Waals surface area contributed by atoms with Crippen molar-refractivity contribution in [3.8, 4) is 101 Å². The Hall–Kier alpha value is -10.7. The zero-order valence-electron chi connectivity index (χ0n) is 59.3. The summed E-state index contributed by atoms with van der Waals surface area (Å²) in [5, 5.41) is 29.7. The Morgan fingerprint density at radius 3 is 1.22 bits per heavy atom. The summed E-state index contributed by atoms with van der Waals surface area (Å²) in [6, 6.07) is 25.8. The van der Waals surface area contributed by atoms with Gasteiger partial charge < -0.3 is 25.6 Å². The molecule has 1 saturated carbocycles. The van der Waals surface area contributed by atoms with Crippen molar-refractivity contribution < 1.29 is 13.2 Å². The van der Waals surface area contributed by atoms with E-state index in [2.05, 4.69) is 104 Å². The summed E-state index contributed by atoms with van der Waals surface area (Å²) in [5.41, 5.74) is 21.1. The molecule has 9 aromatic heterocycles. The quantitative estimate of drug-likeness (QED) is 0.0722. The molecule has 0 bridgehead atoms. The van der Waals surface area contributed by atoms with Crippen molar-refractivity contribution >= 4 is 27.5 Å². The van der Waals surface area contributed by atoms with Crippen molar-refractivity contribution in [1.29, 1.82) is 0 Å². The van der Waals surface area contributed by atoms with Gasteiger partial charge in [0.2, 0.25) is 10.0 Å². The van der Waals surface area contributed by atoms with Crippen LogP contribution in [0.15, 0.2) is 166 Å². The molecular weight excluding hydrogens is 1320 g/mol. The zero-order valence-corrected chi connectivity index (χ0v) is 60.1. The number of hydrogen-bond donors (Lipinski definition) is 3. The van der Waals surface area contributed by atoms with E-state index in [1.54, 1.807) is 18.7 Å². The molecule has 27 nitrogen and oxygen atoms in total. The van der Waals surface area contributed by atoms with E-state index in [1.165, 1.54) is 19.1 Å². The standard InChI is InChI=1S/C28H34N8O.C24H28N8O2S.C23H26N8/c1-34-18-22(15-30-34)20-4-3-5-21(14-20)27-29-17-26(23-16-31-35(2)19-23)28(33-27)32-24-6-8-25(9-7-24)36-10-12-37-13-11-36;1-30-15-20(11-26-30)18-5-4-6-19(9-18)23-25-13-22(21-12-27-31(2)16-21)24(29-23)32-8-7-17(14-32)10-28-35(3,33)34;1-29-14-19(10-26-29)17-4-3-5-18(8-17)22-25-12-21(20-11-27-30(2)15-20)23(28-22)31-7-6-16(9-24)13-31/h3-5,14-19,24-25H,6-13H2,1-2H3,(H,29,32,33);4-6,9,11-13,15-17,28H,7-8,10,14H2,1-3H3;3-5,8,10-12,14-16H,6-7,9,13,24H2,1-2H3. The number of nitrogens with one attached hydrogen (secondary N) is 2. The molecule has 2 unspecified atom stereocenters. The van der Waals surface area contributed by atoms with E-state index >= 15 is 0 Å². The molecular formula is C75H88N24O3S. The van der Waals surface area contributed by atoms with Crippen LogP contribution in [-0.2, 0) is 57.0 Å². The number of sulfonamides is 1. The summed E-state index contributed by atoms with van der Waals surface area (Å²) < 4.78 is 42.1. The van der Waals surface area contributed by atoms with Gasteiger partial charge in [-0.1, -0.05) is 54.6 Å². The average molecular weight is 1410 g/mol. The maximum Gasteiger partial charge on any atom is 0.208 e. The maximum atomic E-state index is 11.6. The van der Waals surface area contributed by atoms with Gasteiger partial charge >= 0.3 is 0 Å². The van der Waals surface area contributed by atoms with Crippen molar-refractivity contribution in [3.63, 3.8) is 0 Å². The van der Waals surface area contributed by atoms with Gasteiger partial charge in [0.25, 0.3) is 0 Å². The molecule has 0 amide bonds. The summed E-state index contributed by atoms with van der Waals surface area (Å²) in [5.74, 6) is 5.41. The Morgan fingerprint density at radius 1 is 0.447 bits per heavy atom. The smallest absolute Gasteiger partial charge is 0.208 e. The largest absolute Gasteiger partial charge is 0.379 e. The zero-order chi connectivity index (χ0) is 71.1. The molecule has 1 aliphatic carbocycles. The Bertz CT molecular complexity index is 5000. The molecule has 2 atom stereocenters. The van der Waals surface area contributed by atoms with E-state index in [9.17, 15) is 8.42 Å². The minimum atomic E-state index is -3.22. The summed E-state index contributed by atoms with van der Waals surface area (Å²) in [4.78, 5) is 36.5. The van der Waals surface area contributed by atoms with Gasteiger partial charge in [0, 0.05) is 223 Å². The fourth-order valence-corrected chi connectivity index (χ4v) is 14.6. The third-order valence-corrected chi connectivity index (χ3v) is 20.3. The Morgan fingerprint density at radius 2 is 0.825 bits per heavy atom. The fraction of sp³-hybridized carbons (Fsp3) is 0.360. The molecule has 3 aromatic carbocycles. The van der Waals surface area contributed by atoms with E-state index in [0.717, 1.165) is 173 Å². The van der Waals surface area contributed by atoms with Gasteiger partial charge in [-0.2, -0.15) is 30.6 Å². The molecule has 16 rings (SSSR count). The highest BCUT2D eigenvalue weighted by Crippen LogP contribution is 2.38. The molecule has 4 aliphatic rings. The third-order valence-electron chi connectivity index (χ3n) is 19.6. The number of ether oxygens (including phenoxy) is 1. The first-order valence-corrected chi connectivity index (χ1v) is 37.0. The lowest BCUT2D eigenvalue weighted by Crippen LogP contribution is -2.46. The molecule has 4 fully saturated rings. The maximum absolute atomic E-state index is 11.6. The number of nitrogens with two attached hydrogens (primary N) is 1. The Kier molecular flexibility index (Phi) is 20.8. The van der Waals surface area contributed by atoms with Crippen LogP contribution in [0.5, 0.6) is 0 Å². The summed E-state index contributed by atoms with van der Waals surface area (Å²) >= 11 is 0. The van der Waals surface area contributed by atoms with E-state index in [0.29, 0.717) is 55.1 Å². The van der Waals surface area contributed by atoms with Crippen LogP contribution in [0.25, 0.3) is 101 Å². The van der Waals surface area contributed by atoms with Crippen molar-refractivity contribution in [3.05, 3.63) is 166 Å². The second kappa shape index (κ2) is 30.9. The lowest BCUT2D eigenvalue weighted by molar-refractivity contribution is 0.00791. The first-order chi connectivity index (χ1) is 50.0. The molecule has 3 saturated heterocycles. The summed E-state index contributed by atoms with van der Waals surface area (Å²) in [7, 11) is 8.26. The van der Waals surface area contributed by atoms with Crippen molar-refractivity contribution in [2.75, 3.05) is 86.9 Å². The van der Waals surface area contributed by atoms with E-state index in [4.69, 9.17) is 40.4 Å². The molecule has 28 heteroatoms. The highest BCUT2D eigenvalue weighted by molar-refractivity contribution is 7.88. The molecule has 0 spiro atoms. The first kappa shape index (κ1) is 69.4. The number of nitrogens with zero attached hydrogens (tertiary/aromatic N) is 21. The second-order valence-corrected chi connectivity index (χ2v) is 29.2. The van der Waals surface area contributed by atoms with E-state index in [1.807, 2.05) is 169 Å². The van der Waals surface area contributed by atoms with E-state index in [-0.39, 0.29) is 5.92 Å².